The minimum absolute atomic E-state index is 0.825. The van der Waals surface area contributed by atoms with E-state index in [9.17, 15) is 0 Å². The summed E-state index contributed by atoms with van der Waals surface area (Å²) in [5, 5.41) is 0. The summed E-state index contributed by atoms with van der Waals surface area (Å²) in [6, 6.07) is 2.83. The van der Waals surface area contributed by atoms with Crippen LogP contribution in [0, 0.1) is 5.92 Å². The van der Waals surface area contributed by atoms with Crippen LogP contribution in [-0.2, 0) is 4.43 Å². The van der Waals surface area contributed by atoms with Crippen LogP contribution in [0.4, 0.5) is 0 Å². The molecule has 0 spiro atoms. The molecule has 0 radical (unpaired) electrons. The van der Waals surface area contributed by atoms with Crippen molar-refractivity contribution in [3.05, 3.63) is 0 Å². The van der Waals surface area contributed by atoms with Crippen LogP contribution >= 0.6 is 0 Å². The Morgan fingerprint density at radius 2 is 1.81 bits per heavy atom. The van der Waals surface area contributed by atoms with Crippen LogP contribution in [0.25, 0.3) is 0 Å². The monoisotopic (exact) mass is 242 g/mol. The molecule has 1 heterocycles. The molecule has 0 aromatic carbocycles. The first-order valence-corrected chi connectivity index (χ1v) is 10.2. The largest absolute Gasteiger partial charge is 0.417 e. The van der Waals surface area contributed by atoms with E-state index in [0.29, 0.717) is 0 Å². The van der Waals surface area contributed by atoms with E-state index in [1.165, 1.54) is 57.0 Å². The molecule has 1 fully saturated rings. The zero-order valence-corrected chi connectivity index (χ0v) is 12.6. The van der Waals surface area contributed by atoms with Gasteiger partial charge in [0.2, 0.25) is 0 Å². The Bertz CT molecular complexity index is 176. The van der Waals surface area contributed by atoms with Crippen molar-refractivity contribution in [2.45, 2.75) is 77.4 Å². The maximum atomic E-state index is 6.36. The first kappa shape index (κ1) is 14.2. The predicted molar refractivity (Wildman–Crippen MR) is 74.3 cm³/mol. The van der Waals surface area contributed by atoms with Gasteiger partial charge in [-0.25, -0.2) is 0 Å². The van der Waals surface area contributed by atoms with Crippen LogP contribution in [0.15, 0.2) is 0 Å². The van der Waals surface area contributed by atoms with Crippen molar-refractivity contribution in [1.29, 1.82) is 0 Å². The number of hydrogen-bond donors (Lipinski definition) is 0. The van der Waals surface area contributed by atoms with Crippen LogP contribution in [0.3, 0.4) is 0 Å². The van der Waals surface area contributed by atoms with Crippen LogP contribution in [0.2, 0.25) is 18.6 Å². The van der Waals surface area contributed by atoms with Gasteiger partial charge in [0, 0.05) is 6.61 Å². The number of hydrogen-bond acceptors (Lipinski definition) is 1. The minimum atomic E-state index is -1.25. The second kappa shape index (κ2) is 7.49. The van der Waals surface area contributed by atoms with E-state index >= 15 is 0 Å². The Balaban J connectivity index is 2.24. The normalized spacial score (nSPS) is 21.9. The van der Waals surface area contributed by atoms with Crippen molar-refractivity contribution >= 4 is 8.32 Å². The molecule has 1 aliphatic heterocycles. The van der Waals surface area contributed by atoms with E-state index < -0.39 is 8.32 Å². The second-order valence-electron chi connectivity index (χ2n) is 5.74. The lowest BCUT2D eigenvalue weighted by Crippen LogP contribution is -2.37. The van der Waals surface area contributed by atoms with Gasteiger partial charge in [-0.2, -0.15) is 0 Å². The molecule has 2 heteroatoms. The fraction of sp³-hybridized carbons (Fsp3) is 1.00. The average Bonchev–Trinajstić information content (AvgIpc) is 2.30. The Hall–Kier alpha value is 0.177. The molecular weight excluding hydrogens is 212 g/mol. The summed E-state index contributed by atoms with van der Waals surface area (Å²) < 4.78 is 6.36. The van der Waals surface area contributed by atoms with E-state index in [0.717, 1.165) is 12.5 Å². The van der Waals surface area contributed by atoms with Gasteiger partial charge >= 0.3 is 0 Å². The standard InChI is InChI=1S/C14H30OSi/c1-4-6-10-14(5-2)13-15-16(3)11-8-7-9-12-16/h14H,4-13H2,1-3H3. The Labute approximate surface area is 103 Å². The van der Waals surface area contributed by atoms with Crippen molar-refractivity contribution in [2.75, 3.05) is 6.61 Å². The number of unbranched alkanes of at least 4 members (excludes halogenated alkanes) is 1. The van der Waals surface area contributed by atoms with Gasteiger partial charge < -0.3 is 4.43 Å². The predicted octanol–water partition coefficient (Wildman–Crippen LogP) is 4.98. The second-order valence-corrected chi connectivity index (χ2v) is 9.93. The van der Waals surface area contributed by atoms with Crippen LogP contribution in [0.5, 0.6) is 0 Å². The quantitative estimate of drug-likeness (QED) is 0.572. The topological polar surface area (TPSA) is 9.23 Å². The Morgan fingerprint density at radius 1 is 1.12 bits per heavy atom. The number of rotatable bonds is 7. The van der Waals surface area contributed by atoms with Gasteiger partial charge in [0.05, 0.1) is 0 Å². The fourth-order valence-corrected chi connectivity index (χ4v) is 5.83. The minimum Gasteiger partial charge on any atom is -0.417 e. The zero-order chi connectivity index (χ0) is 11.9. The Kier molecular flexibility index (Phi) is 6.67. The van der Waals surface area contributed by atoms with Crippen LogP contribution in [-0.4, -0.2) is 14.9 Å². The summed E-state index contributed by atoms with van der Waals surface area (Å²) >= 11 is 0. The molecule has 0 aromatic rings. The van der Waals surface area contributed by atoms with Crippen molar-refractivity contribution in [2.24, 2.45) is 5.92 Å². The third kappa shape index (κ3) is 5.01. The third-order valence-corrected chi connectivity index (χ3v) is 7.81. The van der Waals surface area contributed by atoms with E-state index in [-0.39, 0.29) is 0 Å². The van der Waals surface area contributed by atoms with Gasteiger partial charge in [0.1, 0.15) is 0 Å². The molecule has 1 nitrogen and oxygen atoms in total. The molecule has 1 rings (SSSR count). The van der Waals surface area contributed by atoms with Crippen LogP contribution in [0.1, 0.15) is 58.8 Å². The maximum Gasteiger partial charge on any atom is 0.189 e. The van der Waals surface area contributed by atoms with Crippen molar-refractivity contribution < 1.29 is 4.43 Å². The molecule has 0 N–H and O–H groups in total. The SMILES string of the molecule is CCCCC(CC)CO[Si]1(C)CCCCC1. The zero-order valence-electron chi connectivity index (χ0n) is 11.6. The van der Waals surface area contributed by atoms with Crippen molar-refractivity contribution in [3.63, 3.8) is 0 Å². The summed E-state index contributed by atoms with van der Waals surface area (Å²) in [4.78, 5) is 0. The molecule has 1 saturated heterocycles. The highest BCUT2D eigenvalue weighted by Gasteiger charge is 2.31. The lowest BCUT2D eigenvalue weighted by atomic mass is 10.0. The van der Waals surface area contributed by atoms with Gasteiger partial charge in [-0.3, -0.25) is 0 Å². The summed E-state index contributed by atoms with van der Waals surface area (Å²) in [5.41, 5.74) is 0. The molecule has 96 valence electrons. The van der Waals surface area contributed by atoms with E-state index in [2.05, 4.69) is 20.4 Å². The van der Waals surface area contributed by atoms with Gasteiger partial charge in [0.15, 0.2) is 8.32 Å². The van der Waals surface area contributed by atoms with Gasteiger partial charge in [-0.05, 0) is 31.0 Å². The molecule has 0 aromatic heterocycles. The lowest BCUT2D eigenvalue weighted by molar-refractivity contribution is 0.218. The Morgan fingerprint density at radius 3 is 2.38 bits per heavy atom. The van der Waals surface area contributed by atoms with Gasteiger partial charge in [-0.15, -0.1) is 0 Å². The fourth-order valence-electron chi connectivity index (χ4n) is 2.66. The van der Waals surface area contributed by atoms with Crippen molar-refractivity contribution in [3.8, 4) is 0 Å². The summed E-state index contributed by atoms with van der Waals surface area (Å²) in [6.07, 6.45) is 9.66. The molecule has 0 amide bonds. The highest BCUT2D eigenvalue weighted by atomic mass is 28.4. The van der Waals surface area contributed by atoms with E-state index in [4.69, 9.17) is 4.43 Å². The van der Waals surface area contributed by atoms with Crippen LogP contribution < -0.4 is 0 Å². The van der Waals surface area contributed by atoms with E-state index in [1.54, 1.807) is 0 Å². The molecule has 0 saturated carbocycles. The first-order valence-electron chi connectivity index (χ1n) is 7.34. The highest BCUT2D eigenvalue weighted by molar-refractivity contribution is 6.72. The smallest absolute Gasteiger partial charge is 0.189 e. The molecule has 1 atom stereocenters. The molecule has 1 unspecified atom stereocenters. The van der Waals surface area contributed by atoms with Gasteiger partial charge in [-0.1, -0.05) is 52.4 Å². The third-order valence-electron chi connectivity index (χ3n) is 4.12. The summed E-state index contributed by atoms with van der Waals surface area (Å²) in [5.74, 6) is 0.825. The van der Waals surface area contributed by atoms with E-state index in [1.807, 2.05) is 0 Å². The molecule has 0 bridgehead atoms. The summed E-state index contributed by atoms with van der Waals surface area (Å²) in [6.45, 7) is 8.11. The molecule has 1 aliphatic rings. The average molecular weight is 242 g/mol. The van der Waals surface area contributed by atoms with Gasteiger partial charge in [0.25, 0.3) is 0 Å². The summed E-state index contributed by atoms with van der Waals surface area (Å²) in [7, 11) is -1.25. The van der Waals surface area contributed by atoms with Crippen molar-refractivity contribution in [1.82, 2.24) is 0 Å². The molecule has 16 heavy (non-hydrogen) atoms. The first-order chi connectivity index (χ1) is 7.70. The highest BCUT2D eigenvalue weighted by Crippen LogP contribution is 2.30. The maximum absolute atomic E-state index is 6.36. The molecular formula is C14H30OSi. The molecule has 0 aliphatic carbocycles. The lowest BCUT2D eigenvalue weighted by Gasteiger charge is -2.32.